The minimum atomic E-state index is -0.220. The predicted molar refractivity (Wildman–Crippen MR) is 177 cm³/mol. The Hall–Kier alpha value is -1.54. The van der Waals surface area contributed by atoms with Gasteiger partial charge in [-0.15, -0.1) is 50.1 Å². The standard InChI is InChI=1S/C32H36N2O2S2.2ClH/c35-31(37)21-10-11-22-23-8-7-9-26-28(23)29(27(22)20-21)24(12-18-33-14-3-1-4-15-33)25(30(26)32(36)38)13-19-34-16-5-2-6-17-34;;/h7-11,20H,1-6,12-19H2,(H,35,37)(H,36,38);2*1H. The lowest BCUT2D eigenvalue weighted by Crippen LogP contribution is -2.33. The molecule has 40 heavy (non-hydrogen) atoms. The van der Waals surface area contributed by atoms with E-state index in [2.05, 4.69) is 59.3 Å². The summed E-state index contributed by atoms with van der Waals surface area (Å²) in [4.78, 5) is 30.6. The number of halogens is 2. The van der Waals surface area contributed by atoms with E-state index in [-0.39, 0.29) is 35.0 Å². The van der Waals surface area contributed by atoms with Crippen molar-refractivity contribution < 1.29 is 9.59 Å². The monoisotopic (exact) mass is 616 g/mol. The largest absolute Gasteiger partial charge is 0.303 e. The maximum Gasteiger partial charge on any atom is 0.217 e. The molecule has 1 aliphatic carbocycles. The Balaban J connectivity index is 0.00000185. The van der Waals surface area contributed by atoms with Crippen LogP contribution in [0.5, 0.6) is 0 Å². The van der Waals surface area contributed by atoms with Gasteiger partial charge in [0.25, 0.3) is 0 Å². The Morgan fingerprint density at radius 1 is 0.675 bits per heavy atom. The van der Waals surface area contributed by atoms with Crippen LogP contribution in [0.15, 0.2) is 36.4 Å². The first-order valence-electron chi connectivity index (χ1n) is 14.2. The zero-order valence-corrected chi connectivity index (χ0v) is 26.2. The highest BCUT2D eigenvalue weighted by atomic mass is 35.5. The lowest BCUT2D eigenvalue weighted by molar-refractivity contribution is 0.108. The van der Waals surface area contributed by atoms with Crippen LogP contribution in [0.25, 0.3) is 33.0 Å². The molecule has 0 spiro atoms. The van der Waals surface area contributed by atoms with Crippen molar-refractivity contribution in [3.8, 4) is 22.3 Å². The highest BCUT2D eigenvalue weighted by Gasteiger charge is 2.31. The van der Waals surface area contributed by atoms with Crippen LogP contribution in [0.2, 0.25) is 0 Å². The van der Waals surface area contributed by atoms with Gasteiger partial charge in [0.05, 0.1) is 0 Å². The summed E-state index contributed by atoms with van der Waals surface area (Å²) in [6.45, 7) is 6.49. The van der Waals surface area contributed by atoms with Gasteiger partial charge < -0.3 is 9.80 Å². The molecule has 0 atom stereocenters. The number of hydrogen-bond donors (Lipinski definition) is 2. The molecule has 0 aromatic heterocycles. The minimum Gasteiger partial charge on any atom is -0.303 e. The molecule has 6 rings (SSSR count). The van der Waals surface area contributed by atoms with Gasteiger partial charge in [-0.25, -0.2) is 0 Å². The van der Waals surface area contributed by atoms with E-state index in [9.17, 15) is 9.59 Å². The molecule has 4 nitrogen and oxygen atoms in total. The first-order chi connectivity index (χ1) is 18.5. The van der Waals surface area contributed by atoms with Crippen molar-refractivity contribution in [1.82, 2.24) is 9.80 Å². The number of carbonyl (C=O) groups excluding carboxylic acids is 2. The number of likely N-dealkylation sites (tertiary alicyclic amines) is 2. The lowest BCUT2D eigenvalue weighted by Gasteiger charge is -2.29. The summed E-state index contributed by atoms with van der Waals surface area (Å²) in [5, 5.41) is 1.76. The number of thiol groups is 2. The number of benzene rings is 3. The molecule has 2 heterocycles. The molecule has 0 unspecified atom stereocenters. The zero-order valence-electron chi connectivity index (χ0n) is 22.8. The SMILES string of the molecule is Cl.Cl.O=C(S)c1ccc2c(c1)-c1c(CCN3CCCCC3)c(CCN3CCCCC3)c(C(=O)S)c3cccc-2c13. The molecule has 8 heteroatoms. The fraction of sp³-hybridized carbons (Fsp3) is 0.438. The van der Waals surface area contributed by atoms with Crippen molar-refractivity contribution in [2.45, 2.75) is 51.4 Å². The second kappa shape index (κ2) is 13.6. The average molecular weight is 618 g/mol. The van der Waals surface area contributed by atoms with E-state index < -0.39 is 0 Å². The van der Waals surface area contributed by atoms with Gasteiger partial charge in [-0.3, -0.25) is 9.59 Å². The first-order valence-corrected chi connectivity index (χ1v) is 15.1. The molecule has 0 bridgehead atoms. The molecular formula is C32H38Cl2N2O2S2. The van der Waals surface area contributed by atoms with Crippen LogP contribution < -0.4 is 0 Å². The zero-order chi connectivity index (χ0) is 26.2. The Morgan fingerprint density at radius 3 is 1.85 bits per heavy atom. The van der Waals surface area contributed by atoms with Crippen LogP contribution >= 0.6 is 50.1 Å². The molecule has 3 aliphatic rings. The van der Waals surface area contributed by atoms with Gasteiger partial charge in [-0.05, 0) is 121 Å². The van der Waals surface area contributed by atoms with Gasteiger partial charge in [0, 0.05) is 24.2 Å². The molecule has 2 fully saturated rings. The number of piperidine rings is 2. The summed E-state index contributed by atoms with van der Waals surface area (Å²) in [6, 6.07) is 12.2. The van der Waals surface area contributed by atoms with Gasteiger partial charge >= 0.3 is 0 Å². The van der Waals surface area contributed by atoms with E-state index >= 15 is 0 Å². The van der Waals surface area contributed by atoms with Crippen LogP contribution in [-0.4, -0.2) is 59.3 Å². The van der Waals surface area contributed by atoms with E-state index in [1.165, 1.54) is 49.7 Å². The third-order valence-electron chi connectivity index (χ3n) is 8.84. The maximum atomic E-state index is 13.2. The van der Waals surface area contributed by atoms with E-state index in [0.717, 1.165) is 90.7 Å². The van der Waals surface area contributed by atoms with Gasteiger partial charge in [-0.1, -0.05) is 37.1 Å². The molecule has 3 aromatic rings. The summed E-state index contributed by atoms with van der Waals surface area (Å²) in [5.41, 5.74) is 8.40. The minimum absolute atomic E-state index is 0. The van der Waals surface area contributed by atoms with Crippen LogP contribution in [0.3, 0.4) is 0 Å². The smallest absolute Gasteiger partial charge is 0.217 e. The van der Waals surface area contributed by atoms with Crippen molar-refractivity contribution >= 4 is 71.1 Å². The number of hydrogen-bond acceptors (Lipinski definition) is 4. The quantitative estimate of drug-likeness (QED) is 0.201. The predicted octanol–water partition coefficient (Wildman–Crippen LogP) is 7.53. The van der Waals surface area contributed by atoms with Crippen molar-refractivity contribution in [3.05, 3.63) is 58.7 Å². The van der Waals surface area contributed by atoms with E-state index in [4.69, 9.17) is 0 Å². The third kappa shape index (κ3) is 5.99. The molecule has 0 saturated carbocycles. The number of carbonyl (C=O) groups is 2. The number of fused-ring (bicyclic) bond motifs is 3. The number of rotatable bonds is 8. The summed E-state index contributed by atoms with van der Waals surface area (Å²) >= 11 is 8.58. The van der Waals surface area contributed by atoms with E-state index in [1.807, 2.05) is 12.1 Å². The Labute approximate surface area is 260 Å². The van der Waals surface area contributed by atoms with Crippen molar-refractivity contribution in [1.29, 1.82) is 0 Å². The third-order valence-corrected chi connectivity index (χ3v) is 9.33. The summed E-state index contributed by atoms with van der Waals surface area (Å²) in [6.07, 6.45) is 9.37. The fourth-order valence-electron chi connectivity index (χ4n) is 6.99. The van der Waals surface area contributed by atoms with Crippen LogP contribution in [0.1, 0.15) is 70.4 Å². The van der Waals surface area contributed by atoms with E-state index in [0.29, 0.717) is 5.56 Å². The van der Waals surface area contributed by atoms with Crippen molar-refractivity contribution in [2.75, 3.05) is 39.3 Å². The van der Waals surface area contributed by atoms with Gasteiger partial charge in [0.2, 0.25) is 10.2 Å². The Morgan fingerprint density at radius 2 is 1.27 bits per heavy atom. The van der Waals surface area contributed by atoms with Crippen molar-refractivity contribution in [3.63, 3.8) is 0 Å². The van der Waals surface area contributed by atoms with E-state index in [1.54, 1.807) is 0 Å². The van der Waals surface area contributed by atoms with Gasteiger partial charge in [0.15, 0.2) is 0 Å². The highest BCUT2D eigenvalue weighted by molar-refractivity contribution is 7.97. The highest BCUT2D eigenvalue weighted by Crippen LogP contribution is 2.51. The van der Waals surface area contributed by atoms with Crippen LogP contribution in [-0.2, 0) is 12.8 Å². The Bertz CT molecular complexity index is 1420. The molecule has 2 aliphatic heterocycles. The molecule has 3 aromatic carbocycles. The summed E-state index contributed by atoms with van der Waals surface area (Å²) in [7, 11) is 0. The molecule has 0 amide bonds. The molecule has 0 N–H and O–H groups in total. The second-order valence-electron chi connectivity index (χ2n) is 11.1. The molecule has 214 valence electrons. The van der Waals surface area contributed by atoms with Crippen molar-refractivity contribution in [2.24, 2.45) is 0 Å². The van der Waals surface area contributed by atoms with Crippen LogP contribution in [0, 0.1) is 0 Å². The summed E-state index contributed by atoms with van der Waals surface area (Å²) in [5.74, 6) is 0. The molecular weight excluding hydrogens is 579 g/mol. The topological polar surface area (TPSA) is 40.6 Å². The lowest BCUT2D eigenvalue weighted by atomic mass is 9.85. The normalized spacial score (nSPS) is 16.8. The molecule has 2 saturated heterocycles. The second-order valence-corrected chi connectivity index (χ2v) is 11.9. The van der Waals surface area contributed by atoms with Gasteiger partial charge in [-0.2, -0.15) is 0 Å². The Kier molecular flexibility index (Phi) is 10.7. The molecule has 0 radical (unpaired) electrons. The van der Waals surface area contributed by atoms with Crippen LogP contribution in [0.4, 0.5) is 0 Å². The van der Waals surface area contributed by atoms with Gasteiger partial charge in [0.1, 0.15) is 0 Å². The first kappa shape index (κ1) is 31.4. The fourth-order valence-corrected chi connectivity index (χ4v) is 7.38. The number of nitrogens with zero attached hydrogens (tertiary/aromatic N) is 2. The summed E-state index contributed by atoms with van der Waals surface area (Å²) < 4.78 is 0. The average Bonchev–Trinajstić information content (AvgIpc) is 3.27. The maximum absolute atomic E-state index is 13.2.